The average Bonchev–Trinajstić information content (AvgIpc) is 2.43. The molecular formula is C15H12Br2FNO2. The Morgan fingerprint density at radius 2 is 1.95 bits per heavy atom. The summed E-state index contributed by atoms with van der Waals surface area (Å²) in [5.74, 6) is -0.962. The lowest BCUT2D eigenvalue weighted by molar-refractivity contribution is 0.0468. The molecule has 2 N–H and O–H groups in total. The number of anilines is 1. The number of ether oxygens (including phenoxy) is 1. The Bertz CT molecular complexity index is 704. The second kappa shape index (κ2) is 6.58. The van der Waals surface area contributed by atoms with Crippen molar-refractivity contribution in [1.29, 1.82) is 0 Å². The van der Waals surface area contributed by atoms with Crippen LogP contribution in [0.5, 0.6) is 0 Å². The number of esters is 1. The number of benzene rings is 2. The first-order valence-corrected chi connectivity index (χ1v) is 7.63. The fourth-order valence-corrected chi connectivity index (χ4v) is 2.67. The molecule has 0 radical (unpaired) electrons. The van der Waals surface area contributed by atoms with Crippen LogP contribution in [0.25, 0.3) is 0 Å². The van der Waals surface area contributed by atoms with Crippen molar-refractivity contribution in [1.82, 2.24) is 0 Å². The molecule has 2 aromatic carbocycles. The van der Waals surface area contributed by atoms with Gasteiger partial charge in [0.05, 0.1) is 5.56 Å². The summed E-state index contributed by atoms with van der Waals surface area (Å²) in [5, 5.41) is 0. The largest absolute Gasteiger partial charge is 0.457 e. The van der Waals surface area contributed by atoms with Gasteiger partial charge >= 0.3 is 5.97 Å². The third-order valence-electron chi connectivity index (χ3n) is 3.00. The number of nitrogens with two attached hydrogens (primary N) is 1. The lowest BCUT2D eigenvalue weighted by Crippen LogP contribution is -2.09. The summed E-state index contributed by atoms with van der Waals surface area (Å²) in [6.45, 7) is 1.59. The van der Waals surface area contributed by atoms with E-state index >= 15 is 0 Å². The van der Waals surface area contributed by atoms with Crippen LogP contribution in [0.2, 0.25) is 0 Å². The van der Waals surface area contributed by atoms with E-state index in [0.717, 1.165) is 4.47 Å². The molecule has 110 valence electrons. The molecule has 0 fully saturated rings. The highest BCUT2D eigenvalue weighted by Gasteiger charge is 2.15. The molecule has 0 aliphatic heterocycles. The molecule has 0 aliphatic carbocycles. The van der Waals surface area contributed by atoms with Crippen molar-refractivity contribution < 1.29 is 13.9 Å². The molecule has 21 heavy (non-hydrogen) atoms. The highest BCUT2D eigenvalue weighted by atomic mass is 79.9. The number of carbonyl (C=O) groups excluding carboxylic acids is 1. The average molecular weight is 417 g/mol. The highest BCUT2D eigenvalue weighted by molar-refractivity contribution is 9.10. The van der Waals surface area contributed by atoms with Crippen LogP contribution in [-0.4, -0.2) is 5.97 Å². The molecule has 2 aromatic rings. The lowest BCUT2D eigenvalue weighted by atomic mass is 10.1. The van der Waals surface area contributed by atoms with Crippen LogP contribution in [0.1, 0.15) is 21.5 Å². The zero-order valence-corrected chi connectivity index (χ0v) is 14.3. The molecule has 0 aliphatic rings. The normalized spacial score (nSPS) is 10.5. The number of hydrogen-bond acceptors (Lipinski definition) is 3. The summed E-state index contributed by atoms with van der Waals surface area (Å²) < 4.78 is 20.2. The summed E-state index contributed by atoms with van der Waals surface area (Å²) in [4.78, 5) is 12.1. The standard InChI is InChI=1S/C15H12Br2FNO2/c1-8-12(5-11(17)6-14(8)19)15(20)21-7-9-4-10(16)2-3-13(9)18/h2-6H,7,19H2,1H3. The Kier molecular flexibility index (Phi) is 5.00. The molecule has 0 amide bonds. The van der Waals surface area contributed by atoms with Gasteiger partial charge in [-0.25, -0.2) is 9.18 Å². The van der Waals surface area contributed by atoms with Crippen molar-refractivity contribution in [3.05, 3.63) is 61.8 Å². The van der Waals surface area contributed by atoms with Crippen LogP contribution in [0, 0.1) is 12.7 Å². The minimum absolute atomic E-state index is 0.143. The van der Waals surface area contributed by atoms with Gasteiger partial charge in [0.1, 0.15) is 12.4 Å². The third kappa shape index (κ3) is 3.83. The van der Waals surface area contributed by atoms with E-state index in [4.69, 9.17) is 10.5 Å². The van der Waals surface area contributed by atoms with Crippen molar-refractivity contribution >= 4 is 43.5 Å². The highest BCUT2D eigenvalue weighted by Crippen LogP contribution is 2.24. The topological polar surface area (TPSA) is 52.3 Å². The van der Waals surface area contributed by atoms with Gasteiger partial charge in [0.2, 0.25) is 0 Å². The fraction of sp³-hybridized carbons (Fsp3) is 0.133. The SMILES string of the molecule is Cc1c(N)cc(Br)cc1C(=O)OCc1cc(Br)ccc1F. The number of carbonyl (C=O) groups is 1. The first-order valence-electron chi connectivity index (χ1n) is 6.05. The van der Waals surface area contributed by atoms with Gasteiger partial charge in [-0.3, -0.25) is 0 Å². The van der Waals surface area contributed by atoms with Crippen molar-refractivity contribution in [2.75, 3.05) is 5.73 Å². The van der Waals surface area contributed by atoms with Crippen molar-refractivity contribution in [3.63, 3.8) is 0 Å². The molecule has 0 unspecified atom stereocenters. The zero-order valence-electron chi connectivity index (χ0n) is 11.1. The number of hydrogen-bond donors (Lipinski definition) is 1. The van der Waals surface area contributed by atoms with Gasteiger partial charge in [0.15, 0.2) is 0 Å². The molecule has 0 saturated heterocycles. The quantitative estimate of drug-likeness (QED) is 0.587. The summed E-state index contributed by atoms with van der Waals surface area (Å²) >= 11 is 6.53. The smallest absolute Gasteiger partial charge is 0.338 e. The Morgan fingerprint density at radius 1 is 1.24 bits per heavy atom. The first-order chi connectivity index (χ1) is 9.88. The van der Waals surface area contributed by atoms with Gasteiger partial charge in [-0.1, -0.05) is 31.9 Å². The maximum atomic E-state index is 13.6. The van der Waals surface area contributed by atoms with Gasteiger partial charge in [-0.05, 0) is 42.8 Å². The maximum absolute atomic E-state index is 13.6. The van der Waals surface area contributed by atoms with Crippen LogP contribution < -0.4 is 5.73 Å². The van der Waals surface area contributed by atoms with E-state index in [1.807, 2.05) is 0 Å². The van der Waals surface area contributed by atoms with Crippen molar-refractivity contribution in [2.45, 2.75) is 13.5 Å². The molecule has 0 saturated carbocycles. The summed E-state index contributed by atoms with van der Waals surface area (Å²) in [5.41, 5.74) is 7.60. The van der Waals surface area contributed by atoms with E-state index < -0.39 is 11.8 Å². The van der Waals surface area contributed by atoms with Gasteiger partial charge in [0.25, 0.3) is 0 Å². The first kappa shape index (κ1) is 16.0. The van der Waals surface area contributed by atoms with Crippen molar-refractivity contribution in [2.24, 2.45) is 0 Å². The van der Waals surface area contributed by atoms with E-state index in [0.29, 0.717) is 26.9 Å². The monoisotopic (exact) mass is 415 g/mol. The summed E-state index contributed by atoms with van der Waals surface area (Å²) in [6, 6.07) is 7.81. The molecule has 6 heteroatoms. The minimum atomic E-state index is -0.542. The van der Waals surface area contributed by atoms with Gasteiger partial charge < -0.3 is 10.5 Å². The van der Waals surface area contributed by atoms with E-state index in [1.54, 1.807) is 31.2 Å². The van der Waals surface area contributed by atoms with Crippen LogP contribution in [0.3, 0.4) is 0 Å². The molecule has 0 heterocycles. The predicted octanol–water partition coefficient (Wildman–Crippen LogP) is 4.60. The van der Waals surface area contributed by atoms with Gasteiger partial charge in [-0.15, -0.1) is 0 Å². The Labute approximate surface area is 138 Å². The number of rotatable bonds is 3. The van der Waals surface area contributed by atoms with E-state index in [1.165, 1.54) is 6.07 Å². The Hall–Kier alpha value is -1.40. The maximum Gasteiger partial charge on any atom is 0.338 e. The molecular weight excluding hydrogens is 405 g/mol. The molecule has 0 spiro atoms. The van der Waals surface area contributed by atoms with Gasteiger partial charge in [0, 0.05) is 20.2 Å². The van der Waals surface area contributed by atoms with Crippen LogP contribution >= 0.6 is 31.9 Å². The van der Waals surface area contributed by atoms with Gasteiger partial charge in [-0.2, -0.15) is 0 Å². The number of nitrogen functional groups attached to an aromatic ring is 1. The van der Waals surface area contributed by atoms with Crippen LogP contribution in [0.4, 0.5) is 10.1 Å². The van der Waals surface area contributed by atoms with Crippen LogP contribution in [-0.2, 0) is 11.3 Å². The molecule has 3 nitrogen and oxygen atoms in total. The van der Waals surface area contributed by atoms with E-state index in [9.17, 15) is 9.18 Å². The molecule has 0 atom stereocenters. The fourth-order valence-electron chi connectivity index (χ4n) is 1.79. The number of halogens is 3. The third-order valence-corrected chi connectivity index (χ3v) is 3.95. The summed E-state index contributed by atoms with van der Waals surface area (Å²) in [7, 11) is 0. The van der Waals surface area contributed by atoms with Crippen LogP contribution in [0.15, 0.2) is 39.3 Å². The van der Waals surface area contributed by atoms with Crippen molar-refractivity contribution in [3.8, 4) is 0 Å². The lowest BCUT2D eigenvalue weighted by Gasteiger charge is -2.10. The Morgan fingerprint density at radius 3 is 2.67 bits per heavy atom. The molecule has 0 aromatic heterocycles. The second-order valence-corrected chi connectivity index (χ2v) is 6.31. The minimum Gasteiger partial charge on any atom is -0.457 e. The zero-order chi connectivity index (χ0) is 15.6. The summed E-state index contributed by atoms with van der Waals surface area (Å²) in [6.07, 6.45) is 0. The Balaban J connectivity index is 2.17. The second-order valence-electron chi connectivity index (χ2n) is 4.48. The molecule has 0 bridgehead atoms. The van der Waals surface area contributed by atoms with E-state index in [2.05, 4.69) is 31.9 Å². The van der Waals surface area contributed by atoms with E-state index in [-0.39, 0.29) is 6.61 Å². The molecule has 2 rings (SSSR count). The predicted molar refractivity (Wildman–Crippen MR) is 86.5 cm³/mol.